The summed E-state index contributed by atoms with van der Waals surface area (Å²) in [5, 5.41) is 8.25. The highest BCUT2D eigenvalue weighted by Gasteiger charge is 2.46. The van der Waals surface area contributed by atoms with Gasteiger partial charge in [0, 0.05) is 38.7 Å². The molecule has 0 spiro atoms. The number of rotatable bonds is 7. The average molecular weight is 401 g/mol. The molecule has 0 radical (unpaired) electrons. The normalized spacial score (nSPS) is 17.3. The van der Waals surface area contributed by atoms with Gasteiger partial charge in [-0.1, -0.05) is 12.1 Å². The lowest BCUT2D eigenvalue weighted by atomic mass is 10.1. The van der Waals surface area contributed by atoms with Crippen LogP contribution in [0.25, 0.3) is 0 Å². The number of hydrogen-bond acceptors (Lipinski definition) is 7. The lowest BCUT2D eigenvalue weighted by Crippen LogP contribution is -2.50. The van der Waals surface area contributed by atoms with Gasteiger partial charge in [-0.3, -0.25) is 14.9 Å². The highest BCUT2D eigenvalue weighted by atomic mass is 32.2. The third kappa shape index (κ3) is 4.67. The number of amides is 2. The molecular formula is C17H27N3O6S. The molecule has 1 aromatic heterocycles. The van der Waals surface area contributed by atoms with Crippen molar-refractivity contribution in [1.29, 1.82) is 0 Å². The molecule has 27 heavy (non-hydrogen) atoms. The highest BCUT2D eigenvalue weighted by molar-refractivity contribution is 7.94. The van der Waals surface area contributed by atoms with Crippen molar-refractivity contribution in [3.05, 3.63) is 11.8 Å². The maximum atomic E-state index is 12.9. The van der Waals surface area contributed by atoms with Crippen molar-refractivity contribution in [2.75, 3.05) is 25.6 Å². The Hall–Kier alpha value is -1.94. The number of hydrogen-bond donors (Lipinski definition) is 2. The summed E-state index contributed by atoms with van der Waals surface area (Å²) in [4.78, 5) is 24.2. The zero-order valence-electron chi connectivity index (χ0n) is 16.1. The van der Waals surface area contributed by atoms with E-state index in [0.717, 1.165) is 0 Å². The summed E-state index contributed by atoms with van der Waals surface area (Å²) < 4.78 is 34.4. The maximum Gasteiger partial charge on any atom is 0.247 e. The molecule has 0 aliphatic carbocycles. The van der Waals surface area contributed by atoms with Crippen LogP contribution < -0.4 is 10.6 Å². The van der Waals surface area contributed by atoms with Crippen LogP contribution in [-0.4, -0.2) is 55.6 Å². The Morgan fingerprint density at radius 2 is 1.96 bits per heavy atom. The van der Waals surface area contributed by atoms with Crippen LogP contribution in [0.2, 0.25) is 0 Å². The molecular weight excluding hydrogens is 374 g/mol. The van der Waals surface area contributed by atoms with Gasteiger partial charge in [-0.15, -0.1) is 0 Å². The van der Waals surface area contributed by atoms with Gasteiger partial charge in [0.25, 0.3) is 0 Å². The predicted molar refractivity (Wildman–Crippen MR) is 98.9 cm³/mol. The van der Waals surface area contributed by atoms with Crippen LogP contribution in [0.15, 0.2) is 10.6 Å². The monoisotopic (exact) mass is 401 g/mol. The molecule has 1 aliphatic heterocycles. The second kappa shape index (κ2) is 8.39. The first kappa shape index (κ1) is 21.4. The first-order valence-electron chi connectivity index (χ1n) is 8.89. The van der Waals surface area contributed by atoms with Gasteiger partial charge in [0.05, 0.1) is 10.9 Å². The first-order valence-corrected chi connectivity index (χ1v) is 10.4. The quantitative estimate of drug-likeness (QED) is 0.695. The molecule has 0 saturated carbocycles. The minimum Gasteiger partial charge on any atom is -0.381 e. The molecule has 1 unspecified atom stereocenters. The minimum absolute atomic E-state index is 0.0503. The van der Waals surface area contributed by atoms with Crippen molar-refractivity contribution in [3.8, 4) is 0 Å². The summed E-state index contributed by atoms with van der Waals surface area (Å²) in [7, 11) is -2.16. The average Bonchev–Trinajstić information content (AvgIpc) is 3.08. The van der Waals surface area contributed by atoms with Gasteiger partial charge in [0.15, 0.2) is 9.84 Å². The molecule has 2 rings (SSSR count). The Labute approximate surface area is 159 Å². The van der Waals surface area contributed by atoms with Crippen LogP contribution in [0.1, 0.15) is 39.3 Å². The first-order chi connectivity index (χ1) is 12.6. The molecule has 1 aliphatic rings. The molecule has 9 nitrogen and oxygen atoms in total. The fraction of sp³-hybridized carbons (Fsp3) is 0.706. The third-order valence-corrected chi connectivity index (χ3v) is 7.83. The van der Waals surface area contributed by atoms with Gasteiger partial charge in [-0.05, 0) is 26.7 Å². The zero-order valence-corrected chi connectivity index (χ0v) is 16.9. The van der Waals surface area contributed by atoms with E-state index in [9.17, 15) is 18.0 Å². The Morgan fingerprint density at radius 1 is 1.33 bits per heavy atom. The molecule has 2 N–H and O–H groups in total. The number of nitrogens with one attached hydrogen (secondary N) is 2. The fourth-order valence-corrected chi connectivity index (χ4v) is 4.87. The fourth-order valence-electron chi connectivity index (χ4n) is 2.91. The van der Waals surface area contributed by atoms with Crippen molar-refractivity contribution in [3.63, 3.8) is 0 Å². The number of anilines is 1. The molecule has 1 saturated heterocycles. The molecule has 1 aromatic rings. The number of aromatic nitrogens is 1. The molecule has 152 valence electrons. The Bertz CT molecular complexity index is 780. The summed E-state index contributed by atoms with van der Waals surface area (Å²) in [5.41, 5.74) is 0.492. The lowest BCUT2D eigenvalue weighted by molar-refractivity contribution is -0.124. The summed E-state index contributed by atoms with van der Waals surface area (Å²) >= 11 is 0. The molecule has 0 bridgehead atoms. The topological polar surface area (TPSA) is 128 Å². The number of carbonyl (C=O) groups is 2. The largest absolute Gasteiger partial charge is 0.381 e. The second-order valence-corrected chi connectivity index (χ2v) is 10.0. The molecule has 2 amide bonds. The van der Waals surface area contributed by atoms with E-state index in [1.165, 1.54) is 19.9 Å². The Morgan fingerprint density at radius 3 is 2.56 bits per heavy atom. The van der Waals surface area contributed by atoms with Crippen LogP contribution in [0.4, 0.5) is 5.88 Å². The summed E-state index contributed by atoms with van der Waals surface area (Å²) in [6.07, 6.45) is 1.09. The number of nitrogens with zero attached hydrogens (tertiary/aromatic N) is 1. The molecule has 2 heterocycles. The van der Waals surface area contributed by atoms with Crippen molar-refractivity contribution in [1.82, 2.24) is 10.5 Å². The van der Waals surface area contributed by atoms with Gasteiger partial charge in [-0.25, -0.2) is 8.42 Å². The van der Waals surface area contributed by atoms with Crippen LogP contribution >= 0.6 is 0 Å². The Kier molecular flexibility index (Phi) is 6.63. The van der Waals surface area contributed by atoms with Crippen LogP contribution in [0.3, 0.4) is 0 Å². The standard InChI is InChI=1S/C17H27N3O6S/c1-11(15(21)18-4)9-12-10-14(26-20-12)19-16(22)17(2,3)27(23,24)13-5-7-25-8-6-13/h10-11,13H,5-9H2,1-4H3,(H,18,21)(H,19,22). The number of carbonyl (C=O) groups excluding carboxylic acids is 2. The number of sulfone groups is 1. The predicted octanol–water partition coefficient (Wildman–Crippen LogP) is 0.910. The summed E-state index contributed by atoms with van der Waals surface area (Å²) in [6, 6.07) is 1.49. The van der Waals surface area contributed by atoms with Gasteiger partial charge < -0.3 is 14.6 Å². The summed E-state index contributed by atoms with van der Waals surface area (Å²) in [6.45, 7) is 5.26. The molecule has 1 fully saturated rings. The van der Waals surface area contributed by atoms with E-state index in [1.807, 2.05) is 0 Å². The maximum absolute atomic E-state index is 12.9. The van der Waals surface area contributed by atoms with Crippen molar-refractivity contribution >= 4 is 27.5 Å². The Balaban J connectivity index is 2.06. The van der Waals surface area contributed by atoms with Crippen LogP contribution in [0.5, 0.6) is 0 Å². The SMILES string of the molecule is CNC(=O)C(C)Cc1cc(NC(=O)C(C)(C)S(=O)(=O)C2CCOCC2)on1. The van der Waals surface area contributed by atoms with Gasteiger partial charge >= 0.3 is 0 Å². The van der Waals surface area contributed by atoms with E-state index in [4.69, 9.17) is 9.26 Å². The third-order valence-electron chi connectivity index (χ3n) is 4.87. The second-order valence-electron chi connectivity index (χ2n) is 7.22. The van der Waals surface area contributed by atoms with Crippen molar-refractivity contribution in [2.45, 2.75) is 50.0 Å². The molecule has 0 aromatic carbocycles. The molecule has 1 atom stereocenters. The van der Waals surface area contributed by atoms with Gasteiger partial charge in [-0.2, -0.15) is 0 Å². The highest BCUT2D eigenvalue weighted by Crippen LogP contribution is 2.29. The molecule has 10 heteroatoms. The van der Waals surface area contributed by atoms with E-state index in [0.29, 0.717) is 38.2 Å². The van der Waals surface area contributed by atoms with E-state index in [2.05, 4.69) is 15.8 Å². The summed E-state index contributed by atoms with van der Waals surface area (Å²) in [5.74, 6) is -1.08. The van der Waals surface area contributed by atoms with E-state index in [-0.39, 0.29) is 17.7 Å². The van der Waals surface area contributed by atoms with E-state index >= 15 is 0 Å². The van der Waals surface area contributed by atoms with Crippen LogP contribution in [0, 0.1) is 5.92 Å². The van der Waals surface area contributed by atoms with Crippen molar-refractivity contribution in [2.24, 2.45) is 5.92 Å². The smallest absolute Gasteiger partial charge is 0.247 e. The van der Waals surface area contributed by atoms with E-state index < -0.39 is 25.7 Å². The van der Waals surface area contributed by atoms with Crippen molar-refractivity contribution < 1.29 is 27.3 Å². The minimum atomic E-state index is -3.71. The lowest BCUT2D eigenvalue weighted by Gasteiger charge is -2.30. The van der Waals surface area contributed by atoms with Gasteiger partial charge in [0.1, 0.15) is 4.75 Å². The van der Waals surface area contributed by atoms with Gasteiger partial charge in [0.2, 0.25) is 17.7 Å². The zero-order chi connectivity index (χ0) is 20.2. The van der Waals surface area contributed by atoms with Crippen LogP contribution in [-0.2, 0) is 30.6 Å². The van der Waals surface area contributed by atoms with E-state index in [1.54, 1.807) is 14.0 Å². The number of ether oxygens (including phenoxy) is 1.